The summed E-state index contributed by atoms with van der Waals surface area (Å²) in [4.78, 5) is 4.31. The largest absolute Gasteiger partial charge is 0.380 e. The van der Waals surface area contributed by atoms with Crippen molar-refractivity contribution in [1.29, 1.82) is 0 Å². The van der Waals surface area contributed by atoms with Crippen molar-refractivity contribution in [2.75, 3.05) is 13.2 Å². The van der Waals surface area contributed by atoms with Gasteiger partial charge in [0.25, 0.3) is 0 Å². The SMILES string of the molecule is CCOCCn1cnc(CC(N)CC)c1. The summed E-state index contributed by atoms with van der Waals surface area (Å²) in [5.74, 6) is 0. The average molecular weight is 211 g/mol. The van der Waals surface area contributed by atoms with Crippen LogP contribution in [0.4, 0.5) is 0 Å². The Bertz CT molecular complexity index is 273. The summed E-state index contributed by atoms with van der Waals surface area (Å²) in [6.07, 6.45) is 5.75. The van der Waals surface area contributed by atoms with Crippen LogP contribution in [0.3, 0.4) is 0 Å². The lowest BCUT2D eigenvalue weighted by atomic mass is 10.1. The molecule has 0 aliphatic carbocycles. The van der Waals surface area contributed by atoms with Crippen molar-refractivity contribution in [1.82, 2.24) is 9.55 Å². The van der Waals surface area contributed by atoms with Crippen LogP contribution >= 0.6 is 0 Å². The van der Waals surface area contributed by atoms with Crippen LogP contribution in [0.25, 0.3) is 0 Å². The highest BCUT2D eigenvalue weighted by Gasteiger charge is 2.04. The molecular weight excluding hydrogens is 190 g/mol. The summed E-state index contributed by atoms with van der Waals surface area (Å²) < 4.78 is 7.32. The van der Waals surface area contributed by atoms with E-state index >= 15 is 0 Å². The number of imidazole rings is 1. The van der Waals surface area contributed by atoms with Crippen LogP contribution in [0.2, 0.25) is 0 Å². The van der Waals surface area contributed by atoms with Gasteiger partial charge in [0.1, 0.15) is 0 Å². The van der Waals surface area contributed by atoms with E-state index in [-0.39, 0.29) is 6.04 Å². The molecule has 0 aromatic carbocycles. The maximum Gasteiger partial charge on any atom is 0.0950 e. The zero-order chi connectivity index (χ0) is 11.1. The summed E-state index contributed by atoms with van der Waals surface area (Å²) >= 11 is 0. The van der Waals surface area contributed by atoms with Crippen LogP contribution in [0.1, 0.15) is 26.0 Å². The third-order valence-electron chi connectivity index (χ3n) is 2.38. The zero-order valence-electron chi connectivity index (χ0n) is 9.65. The monoisotopic (exact) mass is 211 g/mol. The molecule has 15 heavy (non-hydrogen) atoms. The van der Waals surface area contributed by atoms with Gasteiger partial charge in [-0.2, -0.15) is 0 Å². The second-order valence-electron chi connectivity index (χ2n) is 3.67. The molecule has 1 aromatic heterocycles. The molecule has 1 unspecified atom stereocenters. The van der Waals surface area contributed by atoms with Gasteiger partial charge in [0, 0.05) is 31.8 Å². The Hall–Kier alpha value is -0.870. The molecule has 1 atom stereocenters. The summed E-state index contributed by atoms with van der Waals surface area (Å²) in [6, 6.07) is 0.222. The van der Waals surface area contributed by atoms with Crippen molar-refractivity contribution < 1.29 is 4.74 Å². The van der Waals surface area contributed by atoms with Gasteiger partial charge in [-0.05, 0) is 13.3 Å². The summed E-state index contributed by atoms with van der Waals surface area (Å²) in [5, 5.41) is 0. The Morgan fingerprint density at radius 3 is 3.00 bits per heavy atom. The number of aromatic nitrogens is 2. The maximum atomic E-state index is 5.86. The number of hydrogen-bond donors (Lipinski definition) is 1. The van der Waals surface area contributed by atoms with Crippen molar-refractivity contribution in [3.8, 4) is 0 Å². The van der Waals surface area contributed by atoms with Crippen molar-refractivity contribution in [3.05, 3.63) is 18.2 Å². The number of nitrogens with two attached hydrogens (primary N) is 1. The van der Waals surface area contributed by atoms with Gasteiger partial charge >= 0.3 is 0 Å². The van der Waals surface area contributed by atoms with E-state index in [0.717, 1.165) is 38.3 Å². The lowest BCUT2D eigenvalue weighted by Crippen LogP contribution is -2.21. The molecule has 0 spiro atoms. The first-order valence-electron chi connectivity index (χ1n) is 5.60. The van der Waals surface area contributed by atoms with Crippen LogP contribution in [0.15, 0.2) is 12.5 Å². The lowest BCUT2D eigenvalue weighted by molar-refractivity contribution is 0.139. The van der Waals surface area contributed by atoms with Gasteiger partial charge in [0.15, 0.2) is 0 Å². The third kappa shape index (κ3) is 4.44. The molecule has 1 rings (SSSR count). The molecule has 0 saturated heterocycles. The number of rotatable bonds is 7. The molecule has 86 valence electrons. The Morgan fingerprint density at radius 2 is 2.33 bits per heavy atom. The minimum atomic E-state index is 0.222. The second kappa shape index (κ2) is 6.58. The summed E-state index contributed by atoms with van der Waals surface area (Å²) in [5.41, 5.74) is 6.93. The molecule has 0 aliphatic heterocycles. The van der Waals surface area contributed by atoms with Crippen LogP contribution in [0, 0.1) is 0 Å². The van der Waals surface area contributed by atoms with Crippen molar-refractivity contribution in [3.63, 3.8) is 0 Å². The third-order valence-corrected chi connectivity index (χ3v) is 2.38. The highest BCUT2D eigenvalue weighted by atomic mass is 16.5. The molecule has 0 fully saturated rings. The van der Waals surface area contributed by atoms with Crippen LogP contribution in [-0.4, -0.2) is 28.8 Å². The fourth-order valence-electron chi connectivity index (χ4n) is 1.36. The van der Waals surface area contributed by atoms with E-state index in [1.54, 1.807) is 0 Å². The molecule has 0 bridgehead atoms. The Kier molecular flexibility index (Phi) is 5.36. The Balaban J connectivity index is 2.35. The molecule has 1 heterocycles. The van der Waals surface area contributed by atoms with E-state index in [1.807, 2.05) is 17.8 Å². The maximum absolute atomic E-state index is 5.86. The molecule has 4 heteroatoms. The standard InChI is InChI=1S/C11H21N3O/c1-3-10(12)7-11-8-14(9-13-11)5-6-15-4-2/h8-10H,3-7,12H2,1-2H3. The van der Waals surface area contributed by atoms with Gasteiger partial charge in [-0.3, -0.25) is 0 Å². The van der Waals surface area contributed by atoms with Gasteiger partial charge in [0.05, 0.1) is 18.6 Å². The second-order valence-corrected chi connectivity index (χ2v) is 3.67. The molecule has 0 radical (unpaired) electrons. The van der Waals surface area contributed by atoms with Gasteiger partial charge in [-0.1, -0.05) is 6.92 Å². The lowest BCUT2D eigenvalue weighted by Gasteiger charge is -2.05. The molecular formula is C11H21N3O. The van der Waals surface area contributed by atoms with E-state index in [9.17, 15) is 0 Å². The quantitative estimate of drug-likeness (QED) is 0.689. The summed E-state index contributed by atoms with van der Waals surface area (Å²) in [7, 11) is 0. The molecule has 0 saturated carbocycles. The normalized spacial score (nSPS) is 13.0. The van der Waals surface area contributed by atoms with Crippen LogP contribution < -0.4 is 5.73 Å². The first-order valence-corrected chi connectivity index (χ1v) is 5.60. The summed E-state index contributed by atoms with van der Waals surface area (Å²) in [6.45, 7) is 6.47. The Morgan fingerprint density at radius 1 is 1.53 bits per heavy atom. The number of nitrogens with zero attached hydrogens (tertiary/aromatic N) is 2. The van der Waals surface area contributed by atoms with Crippen molar-refractivity contribution >= 4 is 0 Å². The molecule has 2 N–H and O–H groups in total. The number of ether oxygens (including phenoxy) is 1. The first-order chi connectivity index (χ1) is 7.26. The van der Waals surface area contributed by atoms with Crippen molar-refractivity contribution in [2.24, 2.45) is 5.73 Å². The topological polar surface area (TPSA) is 53.1 Å². The Labute approximate surface area is 91.4 Å². The van der Waals surface area contributed by atoms with E-state index in [2.05, 4.69) is 18.1 Å². The van der Waals surface area contributed by atoms with E-state index < -0.39 is 0 Å². The molecule has 1 aromatic rings. The van der Waals surface area contributed by atoms with Crippen LogP contribution in [-0.2, 0) is 17.7 Å². The number of hydrogen-bond acceptors (Lipinski definition) is 3. The van der Waals surface area contributed by atoms with Gasteiger partial charge in [-0.15, -0.1) is 0 Å². The van der Waals surface area contributed by atoms with E-state index in [4.69, 9.17) is 10.5 Å². The van der Waals surface area contributed by atoms with E-state index in [0.29, 0.717) is 0 Å². The molecule has 4 nitrogen and oxygen atoms in total. The van der Waals surface area contributed by atoms with Gasteiger partial charge in [0.2, 0.25) is 0 Å². The van der Waals surface area contributed by atoms with Crippen LogP contribution in [0.5, 0.6) is 0 Å². The molecule has 0 aliphatic rings. The highest BCUT2D eigenvalue weighted by Crippen LogP contribution is 2.01. The average Bonchev–Trinajstić information content (AvgIpc) is 2.66. The fraction of sp³-hybridized carbons (Fsp3) is 0.727. The minimum Gasteiger partial charge on any atom is -0.380 e. The zero-order valence-corrected chi connectivity index (χ0v) is 9.65. The first kappa shape index (κ1) is 12.2. The van der Waals surface area contributed by atoms with Crippen molar-refractivity contribution in [2.45, 2.75) is 39.3 Å². The predicted octanol–water partition coefficient (Wildman–Crippen LogP) is 1.20. The van der Waals surface area contributed by atoms with E-state index in [1.165, 1.54) is 0 Å². The fourth-order valence-corrected chi connectivity index (χ4v) is 1.36. The van der Waals surface area contributed by atoms with Gasteiger partial charge in [-0.25, -0.2) is 4.98 Å². The highest BCUT2D eigenvalue weighted by molar-refractivity contribution is 4.99. The predicted molar refractivity (Wildman–Crippen MR) is 60.7 cm³/mol. The minimum absolute atomic E-state index is 0.222. The smallest absolute Gasteiger partial charge is 0.0950 e. The van der Waals surface area contributed by atoms with Gasteiger partial charge < -0.3 is 15.0 Å². The molecule has 0 amide bonds.